The van der Waals surface area contributed by atoms with Gasteiger partial charge in [-0.2, -0.15) is 0 Å². The van der Waals surface area contributed by atoms with Crippen LogP contribution in [0.15, 0.2) is 28.8 Å². The molecule has 0 aliphatic carbocycles. The van der Waals surface area contributed by atoms with Crippen LogP contribution in [0.3, 0.4) is 0 Å². The van der Waals surface area contributed by atoms with Crippen LogP contribution in [0.4, 0.5) is 4.39 Å². The predicted molar refractivity (Wildman–Crippen MR) is 54.5 cm³/mol. The van der Waals surface area contributed by atoms with Crippen molar-refractivity contribution in [3.63, 3.8) is 0 Å². The summed E-state index contributed by atoms with van der Waals surface area (Å²) in [6.45, 7) is 2.11. The lowest BCUT2D eigenvalue weighted by molar-refractivity contribution is 0.505. The Morgan fingerprint density at radius 2 is 2.27 bits per heavy atom. The molecule has 0 saturated heterocycles. The van der Waals surface area contributed by atoms with Crippen LogP contribution in [0.5, 0.6) is 0 Å². The van der Waals surface area contributed by atoms with Gasteiger partial charge in [0.25, 0.3) is 0 Å². The van der Waals surface area contributed by atoms with Gasteiger partial charge < -0.3 is 10.2 Å². The molecule has 0 radical (unpaired) electrons. The number of aryl methyl sites for hydroxylation is 1. The highest BCUT2D eigenvalue weighted by atomic mass is 19.1. The average Bonchev–Trinajstić information content (AvgIpc) is 2.70. The second kappa shape index (κ2) is 3.82. The quantitative estimate of drug-likeness (QED) is 0.819. The number of hydrogen-bond acceptors (Lipinski definition) is 3. The summed E-state index contributed by atoms with van der Waals surface area (Å²) in [6, 6.07) is 4.84. The highest BCUT2D eigenvalue weighted by Gasteiger charge is 2.10. The third-order valence-corrected chi connectivity index (χ3v) is 2.12. The van der Waals surface area contributed by atoms with Crippen molar-refractivity contribution in [2.75, 3.05) is 0 Å². The molecule has 0 saturated carbocycles. The SMILES string of the molecule is Cc1ccc(F)c(-c2cnc(CN)o2)c1. The molecule has 0 spiro atoms. The standard InChI is InChI=1S/C11H11FN2O/c1-7-2-3-9(12)8(4-7)10-6-14-11(5-13)15-10/h2-4,6H,5,13H2,1H3. The van der Waals surface area contributed by atoms with E-state index < -0.39 is 0 Å². The molecular formula is C11H11FN2O. The number of oxazole rings is 1. The van der Waals surface area contributed by atoms with Crippen LogP contribution in [0.1, 0.15) is 11.5 Å². The maximum absolute atomic E-state index is 13.4. The molecule has 0 bridgehead atoms. The Hall–Kier alpha value is -1.68. The number of hydrogen-bond donors (Lipinski definition) is 1. The van der Waals surface area contributed by atoms with Gasteiger partial charge in [-0.3, -0.25) is 0 Å². The van der Waals surface area contributed by atoms with Crippen molar-refractivity contribution in [2.45, 2.75) is 13.5 Å². The van der Waals surface area contributed by atoms with Gasteiger partial charge in [0.1, 0.15) is 5.82 Å². The molecule has 0 aliphatic heterocycles. The minimum Gasteiger partial charge on any atom is -0.439 e. The van der Waals surface area contributed by atoms with Crippen molar-refractivity contribution < 1.29 is 8.81 Å². The summed E-state index contributed by atoms with van der Waals surface area (Å²) in [4.78, 5) is 3.92. The molecule has 0 amide bonds. The fraction of sp³-hybridized carbons (Fsp3) is 0.182. The third-order valence-electron chi connectivity index (χ3n) is 2.12. The molecule has 0 aliphatic rings. The average molecular weight is 206 g/mol. The molecule has 3 nitrogen and oxygen atoms in total. The number of nitrogens with two attached hydrogens (primary N) is 1. The van der Waals surface area contributed by atoms with Gasteiger partial charge in [-0.15, -0.1) is 0 Å². The molecule has 78 valence electrons. The summed E-state index contributed by atoms with van der Waals surface area (Å²) in [5.41, 5.74) is 6.75. The normalized spacial score (nSPS) is 10.6. The number of nitrogens with zero attached hydrogens (tertiary/aromatic N) is 1. The van der Waals surface area contributed by atoms with Gasteiger partial charge in [-0.1, -0.05) is 11.6 Å². The second-order valence-electron chi connectivity index (χ2n) is 3.31. The van der Waals surface area contributed by atoms with Crippen LogP contribution in [0.25, 0.3) is 11.3 Å². The largest absolute Gasteiger partial charge is 0.439 e. The van der Waals surface area contributed by atoms with Gasteiger partial charge in [0.2, 0.25) is 5.89 Å². The van der Waals surface area contributed by atoms with Gasteiger partial charge in [0.15, 0.2) is 5.76 Å². The van der Waals surface area contributed by atoms with Crippen molar-refractivity contribution in [3.8, 4) is 11.3 Å². The zero-order chi connectivity index (χ0) is 10.8. The van der Waals surface area contributed by atoms with E-state index in [1.54, 1.807) is 12.1 Å². The van der Waals surface area contributed by atoms with Gasteiger partial charge in [-0.25, -0.2) is 9.37 Å². The maximum atomic E-state index is 13.4. The molecule has 1 aromatic heterocycles. The second-order valence-corrected chi connectivity index (χ2v) is 3.31. The monoisotopic (exact) mass is 206 g/mol. The first-order valence-corrected chi connectivity index (χ1v) is 4.62. The molecule has 2 rings (SSSR count). The van der Waals surface area contributed by atoms with E-state index in [0.717, 1.165) is 5.56 Å². The fourth-order valence-corrected chi connectivity index (χ4v) is 1.36. The lowest BCUT2D eigenvalue weighted by Gasteiger charge is -2.00. The van der Waals surface area contributed by atoms with Crippen LogP contribution < -0.4 is 5.73 Å². The molecule has 0 unspecified atom stereocenters. The summed E-state index contributed by atoms with van der Waals surface area (Å²) in [7, 11) is 0. The summed E-state index contributed by atoms with van der Waals surface area (Å²) >= 11 is 0. The van der Waals surface area contributed by atoms with E-state index in [0.29, 0.717) is 17.2 Å². The van der Waals surface area contributed by atoms with Crippen molar-refractivity contribution in [1.29, 1.82) is 0 Å². The van der Waals surface area contributed by atoms with Crippen LogP contribution in [0, 0.1) is 12.7 Å². The summed E-state index contributed by atoms with van der Waals surface area (Å²) in [5, 5.41) is 0. The molecule has 2 N–H and O–H groups in total. The first-order chi connectivity index (χ1) is 7.20. The highest BCUT2D eigenvalue weighted by Crippen LogP contribution is 2.24. The number of halogens is 1. The smallest absolute Gasteiger partial charge is 0.208 e. The van der Waals surface area contributed by atoms with E-state index in [1.165, 1.54) is 12.3 Å². The van der Waals surface area contributed by atoms with E-state index in [9.17, 15) is 4.39 Å². The highest BCUT2D eigenvalue weighted by molar-refractivity contribution is 5.58. The molecule has 1 heterocycles. The predicted octanol–water partition coefficient (Wildman–Crippen LogP) is 2.25. The first kappa shape index (κ1) is 9.86. The van der Waals surface area contributed by atoms with Gasteiger partial charge in [0, 0.05) is 0 Å². The molecule has 1 aromatic carbocycles. The summed E-state index contributed by atoms with van der Waals surface area (Å²) < 4.78 is 18.7. The molecule has 2 aromatic rings. The lowest BCUT2D eigenvalue weighted by atomic mass is 10.1. The van der Waals surface area contributed by atoms with Crippen molar-refractivity contribution in [2.24, 2.45) is 5.73 Å². The maximum Gasteiger partial charge on any atom is 0.208 e. The Morgan fingerprint density at radius 1 is 1.47 bits per heavy atom. The van der Waals surface area contributed by atoms with Crippen LogP contribution >= 0.6 is 0 Å². The molecule has 0 atom stereocenters. The lowest BCUT2D eigenvalue weighted by Crippen LogP contribution is -1.94. The van der Waals surface area contributed by atoms with Crippen molar-refractivity contribution in [1.82, 2.24) is 4.98 Å². The zero-order valence-electron chi connectivity index (χ0n) is 8.33. The number of rotatable bonds is 2. The number of aromatic nitrogens is 1. The van der Waals surface area contributed by atoms with Crippen LogP contribution in [-0.2, 0) is 6.54 Å². The van der Waals surface area contributed by atoms with Gasteiger partial charge >= 0.3 is 0 Å². The van der Waals surface area contributed by atoms with Crippen LogP contribution in [0.2, 0.25) is 0 Å². The van der Waals surface area contributed by atoms with E-state index in [4.69, 9.17) is 10.2 Å². The van der Waals surface area contributed by atoms with Crippen molar-refractivity contribution in [3.05, 3.63) is 41.7 Å². The van der Waals surface area contributed by atoms with E-state index >= 15 is 0 Å². The first-order valence-electron chi connectivity index (χ1n) is 4.62. The molecule has 4 heteroatoms. The van der Waals surface area contributed by atoms with Crippen molar-refractivity contribution >= 4 is 0 Å². The minimum atomic E-state index is -0.319. The Balaban J connectivity index is 2.48. The molecule has 15 heavy (non-hydrogen) atoms. The Morgan fingerprint density at radius 3 is 2.93 bits per heavy atom. The topological polar surface area (TPSA) is 52.0 Å². The third kappa shape index (κ3) is 1.89. The Labute approximate surface area is 86.7 Å². The Kier molecular flexibility index (Phi) is 2.51. The summed E-state index contributed by atoms with van der Waals surface area (Å²) in [5.74, 6) is 0.503. The van der Waals surface area contributed by atoms with Crippen LogP contribution in [-0.4, -0.2) is 4.98 Å². The van der Waals surface area contributed by atoms with Gasteiger partial charge in [-0.05, 0) is 19.1 Å². The summed E-state index contributed by atoms with van der Waals surface area (Å²) in [6.07, 6.45) is 1.49. The Bertz CT molecular complexity index is 479. The van der Waals surface area contributed by atoms with Gasteiger partial charge in [0.05, 0.1) is 18.3 Å². The molecule has 0 fully saturated rings. The number of benzene rings is 1. The molecular weight excluding hydrogens is 195 g/mol. The van der Waals surface area contributed by atoms with E-state index in [-0.39, 0.29) is 12.4 Å². The minimum absolute atomic E-state index is 0.216. The zero-order valence-corrected chi connectivity index (χ0v) is 8.33. The van der Waals surface area contributed by atoms with E-state index in [1.807, 2.05) is 6.92 Å². The van der Waals surface area contributed by atoms with E-state index in [2.05, 4.69) is 4.98 Å². The fourth-order valence-electron chi connectivity index (χ4n) is 1.36.